The van der Waals surface area contributed by atoms with Crippen molar-refractivity contribution in [3.63, 3.8) is 0 Å². The summed E-state index contributed by atoms with van der Waals surface area (Å²) in [6, 6.07) is 10.7. The lowest BCUT2D eigenvalue weighted by atomic mass is 10.1. The highest BCUT2D eigenvalue weighted by molar-refractivity contribution is 9.08. The third kappa shape index (κ3) is 3.69. The maximum absolute atomic E-state index is 4.53. The largest absolute Gasteiger partial charge is 0.269 e. The fraction of sp³-hybridized carbons (Fsp3) is 0.438. The van der Waals surface area contributed by atoms with Crippen molar-refractivity contribution in [2.24, 2.45) is 0 Å². The van der Waals surface area contributed by atoms with E-state index in [0.29, 0.717) is 5.92 Å². The summed E-state index contributed by atoms with van der Waals surface area (Å²) in [5.41, 5.74) is 4.08. The molecule has 2 nitrogen and oxygen atoms in total. The fourth-order valence-corrected chi connectivity index (χ4v) is 2.89. The summed E-state index contributed by atoms with van der Waals surface area (Å²) in [6.45, 7) is 5.46. The van der Waals surface area contributed by atoms with Gasteiger partial charge in [-0.15, -0.1) is 0 Å². The highest BCUT2D eigenvalue weighted by Gasteiger charge is 2.12. The average molecular weight is 321 g/mol. The molecule has 1 aromatic carbocycles. The first-order valence-electron chi connectivity index (χ1n) is 6.87. The van der Waals surface area contributed by atoms with E-state index in [1.807, 2.05) is 6.20 Å². The van der Waals surface area contributed by atoms with Gasteiger partial charge in [-0.3, -0.25) is 4.68 Å². The Morgan fingerprint density at radius 1 is 1.21 bits per heavy atom. The monoisotopic (exact) mass is 320 g/mol. The topological polar surface area (TPSA) is 17.8 Å². The number of rotatable bonds is 6. The van der Waals surface area contributed by atoms with E-state index in [2.05, 4.69) is 69.9 Å². The number of alkyl halides is 1. The summed E-state index contributed by atoms with van der Waals surface area (Å²) in [5, 5.41) is 5.41. The summed E-state index contributed by atoms with van der Waals surface area (Å²) in [7, 11) is 0. The van der Waals surface area contributed by atoms with Crippen molar-refractivity contribution in [2.45, 2.75) is 44.5 Å². The molecule has 0 saturated carbocycles. The Labute approximate surface area is 124 Å². The Kier molecular flexibility index (Phi) is 5.20. The Balaban J connectivity index is 1.98. The summed E-state index contributed by atoms with van der Waals surface area (Å²) in [4.78, 5) is 0. The summed E-state index contributed by atoms with van der Waals surface area (Å²) >= 11 is 3.54. The molecule has 0 aliphatic heterocycles. The van der Waals surface area contributed by atoms with Crippen molar-refractivity contribution in [1.29, 1.82) is 0 Å². The maximum atomic E-state index is 4.53. The van der Waals surface area contributed by atoms with E-state index in [1.54, 1.807) is 0 Å². The summed E-state index contributed by atoms with van der Waals surface area (Å²) in [6.07, 6.45) is 4.24. The van der Waals surface area contributed by atoms with E-state index in [9.17, 15) is 0 Å². The fourth-order valence-electron chi connectivity index (χ4n) is 2.46. The van der Waals surface area contributed by atoms with Gasteiger partial charge in [-0.05, 0) is 24.3 Å². The molecule has 0 spiro atoms. The molecule has 2 aromatic rings. The standard InChI is InChI=1S/C16H21BrN2/c1-13(2)16-15(11-17)12-18-19(16)10-6-9-14-7-4-3-5-8-14/h3-5,7-8,12-13H,6,9-11H2,1-2H3. The molecule has 0 aliphatic rings. The van der Waals surface area contributed by atoms with Gasteiger partial charge in [-0.2, -0.15) is 5.10 Å². The van der Waals surface area contributed by atoms with E-state index in [-0.39, 0.29) is 0 Å². The molecule has 19 heavy (non-hydrogen) atoms. The molecule has 1 heterocycles. The molecule has 0 unspecified atom stereocenters. The molecule has 0 saturated heterocycles. The van der Waals surface area contributed by atoms with Crippen LogP contribution in [-0.4, -0.2) is 9.78 Å². The Bertz CT molecular complexity index is 503. The van der Waals surface area contributed by atoms with E-state index in [0.717, 1.165) is 24.7 Å². The van der Waals surface area contributed by atoms with Crippen LogP contribution in [0.3, 0.4) is 0 Å². The molecule has 0 aliphatic carbocycles. The Hall–Kier alpha value is -1.09. The van der Waals surface area contributed by atoms with Gasteiger partial charge in [-0.1, -0.05) is 60.1 Å². The van der Waals surface area contributed by atoms with Gasteiger partial charge in [0.25, 0.3) is 0 Å². The summed E-state index contributed by atoms with van der Waals surface area (Å²) < 4.78 is 2.17. The smallest absolute Gasteiger partial charge is 0.0533 e. The quantitative estimate of drug-likeness (QED) is 0.715. The van der Waals surface area contributed by atoms with Gasteiger partial charge < -0.3 is 0 Å². The second kappa shape index (κ2) is 6.90. The number of halogens is 1. The van der Waals surface area contributed by atoms with Crippen molar-refractivity contribution < 1.29 is 0 Å². The molecule has 1 aromatic heterocycles. The van der Waals surface area contributed by atoms with Crippen LogP contribution < -0.4 is 0 Å². The Morgan fingerprint density at radius 3 is 2.58 bits per heavy atom. The minimum atomic E-state index is 0.520. The van der Waals surface area contributed by atoms with Gasteiger partial charge in [-0.25, -0.2) is 0 Å². The van der Waals surface area contributed by atoms with Gasteiger partial charge >= 0.3 is 0 Å². The molecule has 0 bridgehead atoms. The van der Waals surface area contributed by atoms with Crippen LogP contribution in [0.1, 0.15) is 43.0 Å². The second-order valence-corrected chi connectivity index (χ2v) is 5.72. The number of hydrogen-bond acceptors (Lipinski definition) is 1. The number of aromatic nitrogens is 2. The number of nitrogens with zero attached hydrogens (tertiary/aromatic N) is 2. The molecular formula is C16H21BrN2. The van der Waals surface area contributed by atoms with Crippen LogP contribution in [0.25, 0.3) is 0 Å². The summed E-state index contributed by atoms with van der Waals surface area (Å²) in [5.74, 6) is 0.520. The zero-order valence-corrected chi connectivity index (χ0v) is 13.2. The lowest BCUT2D eigenvalue weighted by molar-refractivity contribution is 0.539. The van der Waals surface area contributed by atoms with Gasteiger partial charge in [0.05, 0.1) is 6.20 Å². The second-order valence-electron chi connectivity index (χ2n) is 5.16. The van der Waals surface area contributed by atoms with Gasteiger partial charge in [0.1, 0.15) is 0 Å². The van der Waals surface area contributed by atoms with Gasteiger partial charge in [0, 0.05) is 23.1 Å². The average Bonchev–Trinajstić information content (AvgIpc) is 2.83. The SMILES string of the molecule is CC(C)c1c(CBr)cnn1CCCc1ccccc1. The van der Waals surface area contributed by atoms with Crippen LogP contribution >= 0.6 is 15.9 Å². The van der Waals surface area contributed by atoms with Crippen molar-refractivity contribution >= 4 is 15.9 Å². The first-order chi connectivity index (χ1) is 9.22. The van der Waals surface area contributed by atoms with E-state index >= 15 is 0 Å². The number of benzene rings is 1. The Morgan fingerprint density at radius 2 is 1.95 bits per heavy atom. The zero-order chi connectivity index (χ0) is 13.7. The van der Waals surface area contributed by atoms with Crippen molar-refractivity contribution in [1.82, 2.24) is 9.78 Å². The zero-order valence-electron chi connectivity index (χ0n) is 11.6. The van der Waals surface area contributed by atoms with E-state index < -0.39 is 0 Å². The third-order valence-corrected chi connectivity index (χ3v) is 3.93. The number of aryl methyl sites for hydroxylation is 2. The van der Waals surface area contributed by atoms with Crippen LogP contribution in [0.4, 0.5) is 0 Å². The highest BCUT2D eigenvalue weighted by Crippen LogP contribution is 2.22. The van der Waals surface area contributed by atoms with Crippen LogP contribution in [0.5, 0.6) is 0 Å². The maximum Gasteiger partial charge on any atom is 0.0533 e. The van der Waals surface area contributed by atoms with E-state index in [1.165, 1.54) is 16.8 Å². The minimum absolute atomic E-state index is 0.520. The van der Waals surface area contributed by atoms with Gasteiger partial charge in [0.2, 0.25) is 0 Å². The van der Waals surface area contributed by atoms with Crippen molar-refractivity contribution in [2.75, 3.05) is 0 Å². The molecule has 102 valence electrons. The van der Waals surface area contributed by atoms with Crippen LogP contribution in [-0.2, 0) is 18.3 Å². The van der Waals surface area contributed by atoms with Crippen LogP contribution in [0.2, 0.25) is 0 Å². The third-order valence-electron chi connectivity index (χ3n) is 3.33. The van der Waals surface area contributed by atoms with Crippen LogP contribution in [0.15, 0.2) is 36.5 Å². The molecule has 0 fully saturated rings. The lowest BCUT2D eigenvalue weighted by Gasteiger charge is -2.12. The van der Waals surface area contributed by atoms with Gasteiger partial charge in [0.15, 0.2) is 0 Å². The van der Waals surface area contributed by atoms with E-state index in [4.69, 9.17) is 0 Å². The minimum Gasteiger partial charge on any atom is -0.269 e. The van der Waals surface area contributed by atoms with Crippen molar-refractivity contribution in [3.05, 3.63) is 53.3 Å². The predicted octanol–water partition coefficient (Wildman–Crippen LogP) is 4.53. The van der Waals surface area contributed by atoms with Crippen molar-refractivity contribution in [3.8, 4) is 0 Å². The molecular weight excluding hydrogens is 300 g/mol. The predicted molar refractivity (Wildman–Crippen MR) is 83.7 cm³/mol. The molecule has 0 radical (unpaired) electrons. The molecule has 3 heteroatoms. The highest BCUT2D eigenvalue weighted by atomic mass is 79.9. The normalized spacial score (nSPS) is 11.2. The first-order valence-corrected chi connectivity index (χ1v) is 7.99. The van der Waals surface area contributed by atoms with Crippen LogP contribution in [0, 0.1) is 0 Å². The lowest BCUT2D eigenvalue weighted by Crippen LogP contribution is -2.08. The molecule has 0 amide bonds. The molecule has 0 atom stereocenters. The number of hydrogen-bond donors (Lipinski definition) is 0. The molecule has 0 N–H and O–H groups in total. The first kappa shape index (κ1) is 14.3. The molecule has 2 rings (SSSR count).